The van der Waals surface area contributed by atoms with Gasteiger partial charge in [-0.2, -0.15) is 17.6 Å². The number of hydrogen-bond donors (Lipinski definition) is 0. The van der Waals surface area contributed by atoms with Crippen LogP contribution in [0.2, 0.25) is 0 Å². The summed E-state index contributed by atoms with van der Waals surface area (Å²) < 4.78 is 64.7. The van der Waals surface area contributed by atoms with Gasteiger partial charge in [-0.15, -0.1) is 0 Å². The van der Waals surface area contributed by atoms with Crippen molar-refractivity contribution in [3.63, 3.8) is 0 Å². The molecule has 0 aromatic carbocycles. The quantitative estimate of drug-likeness (QED) is 0.411. The van der Waals surface area contributed by atoms with Gasteiger partial charge in [0.25, 0.3) is 0 Å². The highest BCUT2D eigenvalue weighted by Crippen LogP contribution is 2.39. The van der Waals surface area contributed by atoms with Crippen molar-refractivity contribution < 1.29 is 31.5 Å². The Labute approximate surface area is 76.3 Å². The van der Waals surface area contributed by atoms with E-state index in [9.17, 15) is 26.7 Å². The lowest BCUT2D eigenvalue weighted by Gasteiger charge is -2.25. The van der Waals surface area contributed by atoms with E-state index in [2.05, 4.69) is 11.3 Å². The van der Waals surface area contributed by atoms with Crippen molar-refractivity contribution >= 4 is 5.97 Å². The van der Waals surface area contributed by atoms with E-state index in [-0.39, 0.29) is 13.0 Å². The largest absolute Gasteiger partial charge is 0.469 e. The van der Waals surface area contributed by atoms with E-state index in [4.69, 9.17) is 0 Å². The normalized spacial score (nSPS) is 14.7. The Morgan fingerprint density at radius 3 is 2.14 bits per heavy atom. The Morgan fingerprint density at radius 1 is 1.43 bits per heavy atom. The number of ether oxygens (including phenoxy) is 1. The number of halogens is 5. The predicted octanol–water partition coefficient (Wildman–Crippen LogP) is 2.30. The van der Waals surface area contributed by atoms with Gasteiger partial charge in [0, 0.05) is 6.08 Å². The van der Waals surface area contributed by atoms with Gasteiger partial charge in [0.05, 0.1) is 0 Å². The van der Waals surface area contributed by atoms with Crippen molar-refractivity contribution in [2.45, 2.75) is 25.1 Å². The van der Waals surface area contributed by atoms with Crippen molar-refractivity contribution in [1.29, 1.82) is 0 Å². The molecule has 0 saturated heterocycles. The van der Waals surface area contributed by atoms with E-state index in [0.29, 0.717) is 0 Å². The highest BCUT2D eigenvalue weighted by Gasteiger charge is 2.64. The number of carbonyl (C=O) groups excluding carboxylic acids is 1. The Kier molecular flexibility index (Phi) is 3.61. The van der Waals surface area contributed by atoms with Crippen LogP contribution < -0.4 is 0 Å². The van der Waals surface area contributed by atoms with Crippen LogP contribution in [0.25, 0.3) is 0 Å². The first-order valence-corrected chi connectivity index (χ1v) is 3.40. The van der Waals surface area contributed by atoms with E-state index in [1.54, 1.807) is 0 Å². The average Bonchev–Trinajstić information content (AvgIpc) is 2.02. The molecule has 0 aromatic rings. The van der Waals surface area contributed by atoms with Gasteiger partial charge < -0.3 is 4.74 Å². The molecule has 1 unspecified atom stereocenters. The van der Waals surface area contributed by atoms with E-state index in [1.165, 1.54) is 0 Å². The summed E-state index contributed by atoms with van der Waals surface area (Å²) in [5.74, 6) is -6.82. The monoisotopic (exact) mass is 218 g/mol. The summed E-state index contributed by atoms with van der Waals surface area (Å²) >= 11 is 0. The molecule has 82 valence electrons. The van der Waals surface area contributed by atoms with Crippen molar-refractivity contribution in [1.82, 2.24) is 0 Å². The fourth-order valence-corrected chi connectivity index (χ4v) is 0.468. The molecule has 0 aliphatic heterocycles. The molecule has 0 aromatic heterocycles. The predicted molar refractivity (Wildman–Crippen MR) is 36.8 cm³/mol. The summed E-state index contributed by atoms with van der Waals surface area (Å²) in [7, 11) is 0. The van der Waals surface area contributed by atoms with E-state index < -0.39 is 24.2 Å². The maximum absolute atomic E-state index is 12.4. The fraction of sp³-hybridized carbons (Fsp3) is 0.571. The molecule has 0 fully saturated rings. The zero-order valence-electron chi connectivity index (χ0n) is 7.07. The Bertz CT molecular complexity index is 236. The molecule has 0 radical (unpaired) electrons. The van der Waals surface area contributed by atoms with Gasteiger partial charge in [0.15, 0.2) is 6.17 Å². The summed E-state index contributed by atoms with van der Waals surface area (Å²) in [5, 5.41) is 0. The second kappa shape index (κ2) is 3.93. The Hall–Kier alpha value is -1.14. The second-order valence-electron chi connectivity index (χ2n) is 2.38. The van der Waals surface area contributed by atoms with Crippen LogP contribution in [-0.4, -0.2) is 24.2 Å². The third kappa shape index (κ3) is 2.43. The van der Waals surface area contributed by atoms with Gasteiger partial charge in [-0.1, -0.05) is 6.58 Å². The highest BCUT2D eigenvalue weighted by atomic mass is 19.3. The molecule has 0 heterocycles. The SMILES string of the molecule is C=CC(=O)OC(F)(F)C(F)(F)C(C)F. The lowest BCUT2D eigenvalue weighted by atomic mass is 10.2. The highest BCUT2D eigenvalue weighted by molar-refractivity contribution is 5.81. The first kappa shape index (κ1) is 12.9. The van der Waals surface area contributed by atoms with Gasteiger partial charge in [-0.05, 0) is 6.92 Å². The summed E-state index contributed by atoms with van der Waals surface area (Å²) in [4.78, 5) is 10.2. The molecule has 0 aliphatic carbocycles. The molecule has 0 bridgehead atoms. The van der Waals surface area contributed by atoms with Crippen LogP contribution in [0.5, 0.6) is 0 Å². The van der Waals surface area contributed by atoms with Gasteiger partial charge in [-0.25, -0.2) is 9.18 Å². The zero-order chi connectivity index (χ0) is 11.6. The summed E-state index contributed by atoms with van der Waals surface area (Å²) in [6.07, 6.45) is -8.06. The molecule has 7 heteroatoms. The van der Waals surface area contributed by atoms with E-state index in [0.717, 1.165) is 0 Å². The standard InChI is InChI=1S/C7H7F5O2/c1-3-5(13)14-7(11,12)6(9,10)4(2)8/h3-4H,1H2,2H3. The molecule has 0 saturated carbocycles. The first-order valence-electron chi connectivity index (χ1n) is 3.40. The van der Waals surface area contributed by atoms with Crippen LogP contribution >= 0.6 is 0 Å². The zero-order valence-corrected chi connectivity index (χ0v) is 7.07. The van der Waals surface area contributed by atoms with Crippen LogP contribution in [0, 0.1) is 0 Å². The lowest BCUT2D eigenvalue weighted by Crippen LogP contribution is -2.49. The van der Waals surface area contributed by atoms with Crippen LogP contribution in [0.3, 0.4) is 0 Å². The summed E-state index contributed by atoms with van der Waals surface area (Å²) in [5.41, 5.74) is 0. The lowest BCUT2D eigenvalue weighted by molar-refractivity contribution is -0.342. The van der Waals surface area contributed by atoms with Gasteiger partial charge in [-0.3, -0.25) is 0 Å². The Morgan fingerprint density at radius 2 is 1.86 bits per heavy atom. The molecule has 0 spiro atoms. The van der Waals surface area contributed by atoms with Crippen molar-refractivity contribution in [2.24, 2.45) is 0 Å². The molecular formula is C7H7F5O2. The number of esters is 1. The minimum Gasteiger partial charge on any atom is -0.393 e. The Balaban J connectivity index is 4.76. The molecule has 0 rings (SSSR count). The number of alkyl halides is 5. The van der Waals surface area contributed by atoms with Crippen LogP contribution in [0.15, 0.2) is 12.7 Å². The van der Waals surface area contributed by atoms with Crippen molar-refractivity contribution in [3.05, 3.63) is 12.7 Å². The first-order chi connectivity index (χ1) is 6.15. The van der Waals surface area contributed by atoms with E-state index in [1.807, 2.05) is 0 Å². The minimum atomic E-state index is -5.19. The fourth-order valence-electron chi connectivity index (χ4n) is 0.468. The molecular weight excluding hydrogens is 211 g/mol. The van der Waals surface area contributed by atoms with Gasteiger partial charge in [0.1, 0.15) is 0 Å². The topological polar surface area (TPSA) is 26.3 Å². The molecule has 0 N–H and O–H groups in total. The van der Waals surface area contributed by atoms with Crippen LogP contribution in [0.4, 0.5) is 22.0 Å². The third-order valence-electron chi connectivity index (χ3n) is 1.28. The summed E-state index contributed by atoms with van der Waals surface area (Å²) in [6, 6.07) is 0. The number of carbonyl (C=O) groups is 1. The maximum Gasteiger partial charge on any atom is 0.469 e. The molecule has 0 amide bonds. The molecule has 1 atom stereocenters. The van der Waals surface area contributed by atoms with Crippen LogP contribution in [-0.2, 0) is 9.53 Å². The maximum atomic E-state index is 12.4. The van der Waals surface area contributed by atoms with Crippen LogP contribution in [0.1, 0.15) is 6.92 Å². The molecule has 2 nitrogen and oxygen atoms in total. The molecule has 0 aliphatic rings. The minimum absolute atomic E-state index is 0.232. The number of hydrogen-bond acceptors (Lipinski definition) is 2. The van der Waals surface area contributed by atoms with Crippen molar-refractivity contribution in [3.8, 4) is 0 Å². The van der Waals surface area contributed by atoms with E-state index >= 15 is 0 Å². The second-order valence-corrected chi connectivity index (χ2v) is 2.38. The third-order valence-corrected chi connectivity index (χ3v) is 1.28. The average molecular weight is 218 g/mol. The molecule has 14 heavy (non-hydrogen) atoms. The van der Waals surface area contributed by atoms with Crippen molar-refractivity contribution in [2.75, 3.05) is 0 Å². The number of rotatable bonds is 4. The summed E-state index contributed by atoms with van der Waals surface area (Å²) in [6.45, 7) is 2.96. The van der Waals surface area contributed by atoms with Gasteiger partial charge in [0.2, 0.25) is 0 Å². The smallest absolute Gasteiger partial charge is 0.393 e. The van der Waals surface area contributed by atoms with Gasteiger partial charge >= 0.3 is 18.0 Å².